The Bertz CT molecular complexity index is 416. The molecule has 0 aliphatic carbocycles. The van der Waals surface area contributed by atoms with Crippen molar-refractivity contribution in [3.05, 3.63) is 29.0 Å². The number of hydrogen-bond acceptors (Lipinski definition) is 5. The third-order valence-electron chi connectivity index (χ3n) is 1.70. The molecule has 0 fully saturated rings. The molecular weight excluding hydrogens is 250 g/mol. The van der Waals surface area contributed by atoms with Crippen LogP contribution in [0.4, 0.5) is 0 Å². The van der Waals surface area contributed by atoms with E-state index in [1.807, 2.05) is 6.92 Å². The molecule has 1 heterocycles. The normalized spacial score (nSPS) is 14.4. The average molecular weight is 260 g/mol. The fourth-order valence-corrected chi connectivity index (χ4v) is 1.67. The van der Waals surface area contributed by atoms with Gasteiger partial charge in [-0.25, -0.2) is 4.98 Å². The Balaban J connectivity index is 2.72. The van der Waals surface area contributed by atoms with E-state index in [4.69, 9.17) is 25.2 Å². The molecule has 0 bridgehead atoms. The molecule has 0 aromatic carbocycles. The van der Waals surface area contributed by atoms with E-state index in [1.165, 1.54) is 7.11 Å². The molecule has 1 aromatic rings. The molecule has 1 rings (SSSR count). The first kappa shape index (κ1) is 13.1. The fourth-order valence-electron chi connectivity index (χ4n) is 0.938. The van der Waals surface area contributed by atoms with Gasteiger partial charge in [-0.1, -0.05) is 22.0 Å². The molecule has 0 saturated heterocycles. The van der Waals surface area contributed by atoms with Crippen molar-refractivity contribution in [1.29, 1.82) is 5.26 Å². The summed E-state index contributed by atoms with van der Waals surface area (Å²) < 4.78 is 13.7. The first-order chi connectivity index (χ1) is 7.67. The number of halogens is 1. The van der Waals surface area contributed by atoms with Gasteiger partial charge in [-0.3, -0.25) is 8.37 Å². The molecule has 0 radical (unpaired) electrons. The van der Waals surface area contributed by atoms with Crippen molar-refractivity contribution >= 4 is 22.9 Å². The highest BCUT2D eigenvalue weighted by Gasteiger charge is 2.09. The minimum Gasteiger partial charge on any atom is -0.287 e. The molecular formula is C9H10ClN3O2S. The van der Waals surface area contributed by atoms with E-state index < -0.39 is 11.3 Å². The van der Waals surface area contributed by atoms with Gasteiger partial charge in [0.1, 0.15) is 5.15 Å². The molecule has 86 valence electrons. The van der Waals surface area contributed by atoms with Crippen molar-refractivity contribution in [2.24, 2.45) is 4.36 Å². The number of aromatic nitrogens is 1. The van der Waals surface area contributed by atoms with Gasteiger partial charge >= 0.3 is 0 Å². The Labute approximate surface area is 101 Å². The summed E-state index contributed by atoms with van der Waals surface area (Å²) in [7, 11) is 1.43. The van der Waals surface area contributed by atoms with E-state index in [2.05, 4.69) is 9.35 Å². The Morgan fingerprint density at radius 3 is 2.88 bits per heavy atom. The van der Waals surface area contributed by atoms with Gasteiger partial charge < -0.3 is 0 Å². The Kier molecular flexibility index (Phi) is 5.35. The molecule has 0 aliphatic heterocycles. The summed E-state index contributed by atoms with van der Waals surface area (Å²) in [6.45, 7) is 1.82. The number of nitrogens with zero attached hydrogens (tertiary/aromatic N) is 3. The molecule has 0 saturated carbocycles. The van der Waals surface area contributed by atoms with Gasteiger partial charge in [-0.15, -0.1) is 0 Å². The van der Waals surface area contributed by atoms with Gasteiger partial charge in [0.15, 0.2) is 11.3 Å². The van der Waals surface area contributed by atoms with Crippen LogP contribution >= 0.6 is 11.6 Å². The summed E-state index contributed by atoms with van der Waals surface area (Å²) in [6.07, 6.45) is 2.97. The number of pyridine rings is 1. The first-order valence-electron chi connectivity index (χ1n) is 4.34. The summed E-state index contributed by atoms with van der Waals surface area (Å²) in [6, 6.07) is 3.46. The van der Waals surface area contributed by atoms with Crippen molar-refractivity contribution in [3.63, 3.8) is 0 Å². The maximum Gasteiger partial charge on any atom is 0.216 e. The minimum absolute atomic E-state index is 0.273. The molecule has 0 spiro atoms. The second kappa shape index (κ2) is 6.55. The molecule has 5 nitrogen and oxygen atoms in total. The molecule has 7 heteroatoms. The van der Waals surface area contributed by atoms with Gasteiger partial charge in [0.25, 0.3) is 0 Å². The standard InChI is InChI=1S/C9H10ClN3O2S/c1-7(15-16(14-2)13-6-11)8-3-4-9(10)12-5-8/h3-5,7H,1-2H3. The van der Waals surface area contributed by atoms with Crippen molar-refractivity contribution in [2.75, 3.05) is 7.11 Å². The fraction of sp³-hybridized carbons (Fsp3) is 0.333. The largest absolute Gasteiger partial charge is 0.287 e. The van der Waals surface area contributed by atoms with Crippen LogP contribution in [0.2, 0.25) is 5.15 Å². The lowest BCUT2D eigenvalue weighted by Gasteiger charge is -2.12. The van der Waals surface area contributed by atoms with Crippen LogP contribution in [0.15, 0.2) is 22.7 Å². The summed E-state index contributed by atoms with van der Waals surface area (Å²) >= 11 is 4.50. The lowest BCUT2D eigenvalue weighted by molar-refractivity contribution is 0.230. The van der Waals surface area contributed by atoms with Crippen LogP contribution in [0.5, 0.6) is 0 Å². The molecule has 2 unspecified atom stereocenters. The van der Waals surface area contributed by atoms with Crippen LogP contribution < -0.4 is 0 Å². The molecule has 0 amide bonds. The lowest BCUT2D eigenvalue weighted by atomic mass is 10.2. The molecule has 16 heavy (non-hydrogen) atoms. The van der Waals surface area contributed by atoms with Gasteiger partial charge in [-0.05, 0) is 13.0 Å². The van der Waals surface area contributed by atoms with Gasteiger partial charge in [-0.2, -0.15) is 5.26 Å². The zero-order valence-electron chi connectivity index (χ0n) is 8.75. The SMILES string of the molecule is COS(=NC#N)OC(C)c1ccc(Cl)nc1. The molecule has 2 atom stereocenters. The third-order valence-corrected chi connectivity index (χ3v) is 2.90. The highest BCUT2D eigenvalue weighted by atomic mass is 35.5. The van der Waals surface area contributed by atoms with E-state index in [0.29, 0.717) is 5.15 Å². The number of hydrogen-bond donors (Lipinski definition) is 0. The van der Waals surface area contributed by atoms with Crippen LogP contribution in [0.3, 0.4) is 0 Å². The predicted molar refractivity (Wildman–Crippen MR) is 61.2 cm³/mol. The summed E-state index contributed by atoms with van der Waals surface area (Å²) in [5.41, 5.74) is 0.840. The quantitative estimate of drug-likeness (QED) is 0.616. The molecule has 0 N–H and O–H groups in total. The van der Waals surface area contributed by atoms with E-state index in [0.717, 1.165) is 5.56 Å². The number of rotatable bonds is 4. The smallest absolute Gasteiger partial charge is 0.216 e. The van der Waals surface area contributed by atoms with Crippen molar-refractivity contribution < 1.29 is 8.37 Å². The Morgan fingerprint density at radius 1 is 1.62 bits per heavy atom. The summed E-state index contributed by atoms with van der Waals surface area (Å²) in [4.78, 5) is 3.93. The van der Waals surface area contributed by atoms with E-state index in [-0.39, 0.29) is 6.10 Å². The molecule has 1 aromatic heterocycles. The van der Waals surface area contributed by atoms with Crippen LogP contribution in [0.25, 0.3) is 0 Å². The van der Waals surface area contributed by atoms with Gasteiger partial charge in [0.2, 0.25) is 6.19 Å². The number of nitriles is 1. The van der Waals surface area contributed by atoms with Crippen molar-refractivity contribution in [3.8, 4) is 6.19 Å². The lowest BCUT2D eigenvalue weighted by Crippen LogP contribution is -2.04. The van der Waals surface area contributed by atoms with Gasteiger partial charge in [0.05, 0.1) is 13.2 Å². The van der Waals surface area contributed by atoms with Crippen LogP contribution in [0.1, 0.15) is 18.6 Å². The average Bonchev–Trinajstić information content (AvgIpc) is 2.29. The third kappa shape index (κ3) is 3.87. The first-order valence-corrected chi connectivity index (χ1v) is 5.75. The van der Waals surface area contributed by atoms with Crippen molar-refractivity contribution in [2.45, 2.75) is 13.0 Å². The summed E-state index contributed by atoms with van der Waals surface area (Å²) in [5, 5.41) is 8.81. The zero-order chi connectivity index (χ0) is 12.0. The van der Waals surface area contributed by atoms with Gasteiger partial charge in [0, 0.05) is 11.8 Å². The Hall–Kier alpha value is -1.00. The highest BCUT2D eigenvalue weighted by Crippen LogP contribution is 2.19. The van der Waals surface area contributed by atoms with Crippen molar-refractivity contribution in [1.82, 2.24) is 4.98 Å². The second-order valence-electron chi connectivity index (χ2n) is 2.73. The maximum atomic E-state index is 8.39. The second-order valence-corrected chi connectivity index (χ2v) is 4.26. The monoisotopic (exact) mass is 259 g/mol. The van der Waals surface area contributed by atoms with E-state index in [9.17, 15) is 0 Å². The molecule has 0 aliphatic rings. The topological polar surface area (TPSA) is 67.5 Å². The van der Waals surface area contributed by atoms with Crippen LogP contribution in [0, 0.1) is 11.5 Å². The zero-order valence-corrected chi connectivity index (χ0v) is 10.3. The predicted octanol–water partition coefficient (Wildman–Crippen LogP) is 2.57. The van der Waals surface area contributed by atoms with E-state index in [1.54, 1.807) is 24.5 Å². The van der Waals surface area contributed by atoms with E-state index >= 15 is 0 Å². The van der Waals surface area contributed by atoms with Crippen LogP contribution in [-0.4, -0.2) is 12.1 Å². The summed E-state index contributed by atoms with van der Waals surface area (Å²) in [5.74, 6) is 0. The highest BCUT2D eigenvalue weighted by molar-refractivity contribution is 7.77. The Morgan fingerprint density at radius 2 is 2.38 bits per heavy atom. The van der Waals surface area contributed by atoms with Crippen LogP contribution in [-0.2, 0) is 19.6 Å². The minimum atomic E-state index is -1.16. The maximum absolute atomic E-state index is 8.39.